The molecule has 0 fully saturated rings. The van der Waals surface area contributed by atoms with Gasteiger partial charge < -0.3 is 14.5 Å². The van der Waals surface area contributed by atoms with E-state index in [1.807, 2.05) is 53.2 Å². The standard InChI is InChI=1S/C21H18N4O2/c26-20-8-10-25(19-7-2-1-6-18(19)20)14-21(27)23-17-5-3-4-16(12-17)13-24-11-9-22-15-24/h1-12,15H,13-14H2,(H,23,27). The van der Waals surface area contributed by atoms with E-state index in [-0.39, 0.29) is 17.9 Å². The van der Waals surface area contributed by atoms with Crippen molar-refractivity contribution in [1.29, 1.82) is 0 Å². The zero-order valence-corrected chi connectivity index (χ0v) is 14.6. The van der Waals surface area contributed by atoms with Crippen LogP contribution in [0.25, 0.3) is 10.9 Å². The topological polar surface area (TPSA) is 68.9 Å². The summed E-state index contributed by atoms with van der Waals surface area (Å²) in [5.41, 5.74) is 2.51. The van der Waals surface area contributed by atoms with E-state index in [9.17, 15) is 9.59 Å². The van der Waals surface area contributed by atoms with E-state index in [4.69, 9.17) is 0 Å². The number of imidazole rings is 1. The predicted octanol–water partition coefficient (Wildman–Crippen LogP) is 2.89. The van der Waals surface area contributed by atoms with E-state index >= 15 is 0 Å². The third-order valence-corrected chi connectivity index (χ3v) is 4.33. The Kier molecular flexibility index (Phi) is 4.53. The zero-order valence-electron chi connectivity index (χ0n) is 14.6. The van der Waals surface area contributed by atoms with Crippen LogP contribution in [0.15, 0.2) is 84.3 Å². The van der Waals surface area contributed by atoms with Crippen LogP contribution in [0.3, 0.4) is 0 Å². The Bertz CT molecular complexity index is 1150. The molecule has 1 amide bonds. The maximum Gasteiger partial charge on any atom is 0.244 e. The van der Waals surface area contributed by atoms with Crippen molar-refractivity contribution in [3.05, 3.63) is 95.3 Å². The van der Waals surface area contributed by atoms with Crippen LogP contribution in [-0.4, -0.2) is 20.0 Å². The van der Waals surface area contributed by atoms with Crippen LogP contribution in [0.2, 0.25) is 0 Å². The van der Waals surface area contributed by atoms with E-state index in [0.717, 1.165) is 16.8 Å². The highest BCUT2D eigenvalue weighted by Gasteiger charge is 2.07. The molecule has 0 atom stereocenters. The lowest BCUT2D eigenvalue weighted by Crippen LogP contribution is -2.20. The Morgan fingerprint density at radius 2 is 1.93 bits per heavy atom. The first kappa shape index (κ1) is 16.8. The molecule has 0 aliphatic carbocycles. The maximum absolute atomic E-state index is 12.5. The first-order chi connectivity index (χ1) is 13.2. The number of hydrogen-bond acceptors (Lipinski definition) is 3. The summed E-state index contributed by atoms with van der Waals surface area (Å²) < 4.78 is 3.74. The molecule has 2 aromatic carbocycles. The number of pyridine rings is 1. The summed E-state index contributed by atoms with van der Waals surface area (Å²) in [4.78, 5) is 28.5. The van der Waals surface area contributed by atoms with Crippen molar-refractivity contribution in [2.75, 3.05) is 5.32 Å². The second kappa shape index (κ2) is 7.29. The smallest absolute Gasteiger partial charge is 0.244 e. The average Bonchev–Trinajstić information content (AvgIpc) is 3.17. The number of para-hydroxylation sites is 1. The Balaban J connectivity index is 1.50. The van der Waals surface area contributed by atoms with Crippen molar-refractivity contribution in [3.63, 3.8) is 0 Å². The lowest BCUT2D eigenvalue weighted by molar-refractivity contribution is -0.116. The van der Waals surface area contributed by atoms with Gasteiger partial charge in [0.05, 0.1) is 11.8 Å². The van der Waals surface area contributed by atoms with Crippen LogP contribution in [0, 0.1) is 0 Å². The number of fused-ring (bicyclic) bond motifs is 1. The van der Waals surface area contributed by atoms with Gasteiger partial charge in [-0.3, -0.25) is 9.59 Å². The van der Waals surface area contributed by atoms with Gasteiger partial charge in [-0.2, -0.15) is 0 Å². The van der Waals surface area contributed by atoms with E-state index < -0.39 is 0 Å². The van der Waals surface area contributed by atoms with Gasteiger partial charge in [0.1, 0.15) is 6.54 Å². The summed E-state index contributed by atoms with van der Waals surface area (Å²) in [7, 11) is 0. The highest BCUT2D eigenvalue weighted by atomic mass is 16.2. The highest BCUT2D eigenvalue weighted by molar-refractivity contribution is 5.91. The van der Waals surface area contributed by atoms with E-state index in [2.05, 4.69) is 10.3 Å². The van der Waals surface area contributed by atoms with Gasteiger partial charge in [-0.25, -0.2) is 4.98 Å². The molecule has 6 nitrogen and oxygen atoms in total. The summed E-state index contributed by atoms with van der Waals surface area (Å²) in [6, 6.07) is 16.5. The highest BCUT2D eigenvalue weighted by Crippen LogP contribution is 2.13. The number of carbonyl (C=O) groups excluding carboxylic acids is 1. The molecular formula is C21H18N4O2. The maximum atomic E-state index is 12.5. The fraction of sp³-hybridized carbons (Fsp3) is 0.0952. The minimum atomic E-state index is -0.149. The van der Waals surface area contributed by atoms with Crippen molar-refractivity contribution in [2.24, 2.45) is 0 Å². The normalized spacial score (nSPS) is 10.8. The van der Waals surface area contributed by atoms with Gasteiger partial charge in [0.25, 0.3) is 0 Å². The molecule has 1 N–H and O–H groups in total. The van der Waals surface area contributed by atoms with Crippen LogP contribution in [0.4, 0.5) is 5.69 Å². The molecule has 0 spiro atoms. The Morgan fingerprint density at radius 1 is 1.04 bits per heavy atom. The predicted molar refractivity (Wildman–Crippen MR) is 105 cm³/mol. The van der Waals surface area contributed by atoms with Crippen molar-refractivity contribution in [2.45, 2.75) is 13.1 Å². The minimum absolute atomic E-state index is 0.0468. The van der Waals surface area contributed by atoms with Crippen LogP contribution < -0.4 is 10.7 Å². The summed E-state index contributed by atoms with van der Waals surface area (Å²) in [6.07, 6.45) is 7.04. The molecule has 0 bridgehead atoms. The van der Waals surface area contributed by atoms with Crippen LogP contribution in [0.5, 0.6) is 0 Å². The molecule has 6 heteroatoms. The van der Waals surface area contributed by atoms with Crippen LogP contribution >= 0.6 is 0 Å². The van der Waals surface area contributed by atoms with Crippen molar-refractivity contribution < 1.29 is 4.79 Å². The van der Waals surface area contributed by atoms with Crippen molar-refractivity contribution in [3.8, 4) is 0 Å². The number of benzene rings is 2. The molecule has 0 radical (unpaired) electrons. The SMILES string of the molecule is O=C(Cn1ccc(=O)c2ccccc21)Nc1cccc(Cn2ccnc2)c1. The molecule has 4 rings (SSSR count). The molecule has 0 saturated carbocycles. The van der Waals surface area contributed by atoms with Gasteiger partial charge in [0.2, 0.25) is 5.91 Å². The molecule has 134 valence electrons. The first-order valence-corrected chi connectivity index (χ1v) is 8.62. The molecule has 2 heterocycles. The number of anilines is 1. The summed E-state index contributed by atoms with van der Waals surface area (Å²) >= 11 is 0. The number of amides is 1. The third-order valence-electron chi connectivity index (χ3n) is 4.33. The molecule has 0 unspecified atom stereocenters. The number of aromatic nitrogens is 3. The largest absolute Gasteiger partial charge is 0.338 e. The number of hydrogen-bond donors (Lipinski definition) is 1. The van der Waals surface area contributed by atoms with Crippen LogP contribution in [-0.2, 0) is 17.9 Å². The fourth-order valence-corrected chi connectivity index (χ4v) is 3.09. The molecule has 0 aliphatic heterocycles. The summed E-state index contributed by atoms with van der Waals surface area (Å²) in [5.74, 6) is -0.149. The second-order valence-corrected chi connectivity index (χ2v) is 6.31. The third kappa shape index (κ3) is 3.79. The molecule has 27 heavy (non-hydrogen) atoms. The monoisotopic (exact) mass is 358 g/mol. The van der Waals surface area contributed by atoms with Gasteiger partial charge in [-0.05, 0) is 29.8 Å². The van der Waals surface area contributed by atoms with E-state index in [1.54, 1.807) is 29.4 Å². The fourth-order valence-electron chi connectivity index (χ4n) is 3.09. The van der Waals surface area contributed by atoms with Gasteiger partial charge in [-0.15, -0.1) is 0 Å². The summed E-state index contributed by atoms with van der Waals surface area (Å²) in [6.45, 7) is 0.820. The number of nitrogens with zero attached hydrogens (tertiary/aromatic N) is 3. The quantitative estimate of drug-likeness (QED) is 0.596. The minimum Gasteiger partial charge on any atom is -0.338 e. The Hall–Kier alpha value is -3.67. The van der Waals surface area contributed by atoms with Gasteiger partial charge in [-0.1, -0.05) is 24.3 Å². The lowest BCUT2D eigenvalue weighted by Gasteiger charge is -2.12. The average molecular weight is 358 g/mol. The van der Waals surface area contributed by atoms with Crippen molar-refractivity contribution >= 4 is 22.5 Å². The molecule has 0 saturated heterocycles. The Labute approximate surface area is 155 Å². The molecule has 4 aromatic rings. The van der Waals surface area contributed by atoms with E-state index in [0.29, 0.717) is 11.9 Å². The number of rotatable bonds is 5. The van der Waals surface area contributed by atoms with E-state index in [1.165, 1.54) is 6.07 Å². The molecule has 2 aromatic heterocycles. The lowest BCUT2D eigenvalue weighted by atomic mass is 10.2. The number of carbonyl (C=O) groups is 1. The van der Waals surface area contributed by atoms with Gasteiger partial charge in [0, 0.05) is 42.3 Å². The molecule has 0 aliphatic rings. The zero-order chi connectivity index (χ0) is 18.6. The van der Waals surface area contributed by atoms with Gasteiger partial charge in [0.15, 0.2) is 5.43 Å². The Morgan fingerprint density at radius 3 is 2.78 bits per heavy atom. The van der Waals surface area contributed by atoms with Crippen molar-refractivity contribution in [1.82, 2.24) is 14.1 Å². The number of nitrogens with one attached hydrogen (secondary N) is 1. The van der Waals surface area contributed by atoms with Crippen LogP contribution in [0.1, 0.15) is 5.56 Å². The second-order valence-electron chi connectivity index (χ2n) is 6.31. The molecular weight excluding hydrogens is 340 g/mol. The first-order valence-electron chi connectivity index (χ1n) is 8.62. The van der Waals surface area contributed by atoms with Gasteiger partial charge >= 0.3 is 0 Å². The summed E-state index contributed by atoms with van der Waals surface area (Å²) in [5, 5.41) is 3.53.